The Labute approximate surface area is 108 Å². The van der Waals surface area contributed by atoms with Gasteiger partial charge in [-0.25, -0.2) is 9.97 Å². The topological polar surface area (TPSA) is 84.4 Å². The molecule has 7 nitrogen and oxygen atoms in total. The molecule has 18 heavy (non-hydrogen) atoms. The van der Waals surface area contributed by atoms with Gasteiger partial charge < -0.3 is 9.64 Å². The first-order valence-electron chi connectivity index (χ1n) is 5.19. The largest absolute Gasteiger partial charge is 0.490 e. The summed E-state index contributed by atoms with van der Waals surface area (Å²) < 4.78 is 5.11. The van der Waals surface area contributed by atoms with Crippen LogP contribution in [0.3, 0.4) is 0 Å². The fraction of sp³-hybridized carbons (Fsp3) is 0.400. The lowest BCUT2D eigenvalue weighted by Gasteiger charge is -2.33. The molecule has 1 N–H and O–H groups in total. The van der Waals surface area contributed by atoms with Crippen molar-refractivity contribution >= 4 is 29.2 Å². The van der Waals surface area contributed by atoms with Crippen molar-refractivity contribution in [2.45, 2.75) is 13.0 Å². The number of piperazine rings is 1. The van der Waals surface area contributed by atoms with E-state index in [1.807, 2.05) is 0 Å². The fourth-order valence-corrected chi connectivity index (χ4v) is 1.90. The van der Waals surface area contributed by atoms with Crippen LogP contribution in [0.4, 0.5) is 5.82 Å². The highest BCUT2D eigenvalue weighted by molar-refractivity contribution is 6.31. The second-order valence-electron chi connectivity index (χ2n) is 3.74. The van der Waals surface area contributed by atoms with Gasteiger partial charge in [0.15, 0.2) is 16.7 Å². The number of carbonyl (C=O) groups excluding carboxylic acids is 2. The number of nitrogens with zero attached hydrogens (tertiary/aromatic N) is 3. The Morgan fingerprint density at radius 1 is 1.50 bits per heavy atom. The first-order chi connectivity index (χ1) is 8.54. The Kier molecular flexibility index (Phi) is 3.33. The summed E-state index contributed by atoms with van der Waals surface area (Å²) in [6.07, 6.45) is 1.25. The first kappa shape index (κ1) is 12.6. The molecule has 2 rings (SSSR count). The third kappa shape index (κ3) is 2.08. The molecule has 1 aliphatic rings. The summed E-state index contributed by atoms with van der Waals surface area (Å²) in [6.45, 7) is 1.67. The molecule has 0 aromatic carbocycles. The second kappa shape index (κ2) is 4.77. The van der Waals surface area contributed by atoms with Gasteiger partial charge in [0.2, 0.25) is 11.8 Å². The molecule has 1 aromatic rings. The first-order valence-corrected chi connectivity index (χ1v) is 5.57. The number of aromatic nitrogens is 2. The van der Waals surface area contributed by atoms with Crippen molar-refractivity contribution in [1.29, 1.82) is 0 Å². The van der Waals surface area contributed by atoms with Crippen LogP contribution in [0.25, 0.3) is 0 Å². The molecule has 2 amide bonds. The number of imide groups is 1. The van der Waals surface area contributed by atoms with E-state index in [2.05, 4.69) is 15.3 Å². The average molecular weight is 271 g/mol. The van der Waals surface area contributed by atoms with Crippen LogP contribution in [0.15, 0.2) is 6.33 Å². The molecule has 2 heterocycles. The Bertz CT molecular complexity index is 508. The van der Waals surface area contributed by atoms with Gasteiger partial charge in [-0.3, -0.25) is 14.9 Å². The number of amides is 2. The summed E-state index contributed by atoms with van der Waals surface area (Å²) >= 11 is 5.88. The molecule has 0 radical (unpaired) electrons. The molecular weight excluding hydrogens is 260 g/mol. The molecule has 1 atom stereocenters. The lowest BCUT2D eigenvalue weighted by Crippen LogP contribution is -2.57. The maximum absolute atomic E-state index is 11.6. The zero-order valence-electron chi connectivity index (χ0n) is 9.81. The third-order valence-corrected chi connectivity index (χ3v) is 2.91. The van der Waals surface area contributed by atoms with Gasteiger partial charge in [0, 0.05) is 0 Å². The van der Waals surface area contributed by atoms with Crippen molar-refractivity contribution in [3.05, 3.63) is 11.5 Å². The summed E-state index contributed by atoms with van der Waals surface area (Å²) in [5, 5.41) is 2.38. The maximum Gasteiger partial charge on any atom is 0.249 e. The van der Waals surface area contributed by atoms with Crippen molar-refractivity contribution in [3.8, 4) is 5.75 Å². The van der Waals surface area contributed by atoms with E-state index in [-0.39, 0.29) is 23.4 Å². The quantitative estimate of drug-likeness (QED) is 0.601. The molecule has 96 valence electrons. The van der Waals surface area contributed by atoms with Crippen LogP contribution in [0.1, 0.15) is 6.92 Å². The van der Waals surface area contributed by atoms with Crippen LogP contribution in [0.2, 0.25) is 5.15 Å². The molecule has 0 saturated carbocycles. The average Bonchev–Trinajstić information content (AvgIpc) is 2.33. The number of ether oxygens (including phenoxy) is 1. The Hall–Kier alpha value is -1.89. The number of carbonyl (C=O) groups is 2. The summed E-state index contributed by atoms with van der Waals surface area (Å²) in [4.78, 5) is 32.3. The third-order valence-electron chi connectivity index (χ3n) is 2.64. The number of hydrogen-bond donors (Lipinski definition) is 1. The Balaban J connectivity index is 2.44. The highest BCUT2D eigenvalue weighted by Crippen LogP contribution is 2.32. The van der Waals surface area contributed by atoms with Crippen molar-refractivity contribution in [3.63, 3.8) is 0 Å². The van der Waals surface area contributed by atoms with Crippen LogP contribution in [0, 0.1) is 0 Å². The monoisotopic (exact) mass is 270 g/mol. The van der Waals surface area contributed by atoms with Crippen molar-refractivity contribution < 1.29 is 14.3 Å². The summed E-state index contributed by atoms with van der Waals surface area (Å²) in [5.74, 6) is -0.209. The van der Waals surface area contributed by atoms with Gasteiger partial charge in [-0.2, -0.15) is 0 Å². The molecule has 8 heteroatoms. The predicted molar refractivity (Wildman–Crippen MR) is 63.6 cm³/mol. The van der Waals surface area contributed by atoms with Gasteiger partial charge in [0.1, 0.15) is 12.4 Å². The highest BCUT2D eigenvalue weighted by Gasteiger charge is 2.33. The number of rotatable bonds is 2. The molecular formula is C10H11ClN4O3. The smallest absolute Gasteiger partial charge is 0.249 e. The number of methoxy groups -OCH3 is 1. The molecule has 0 aliphatic carbocycles. The lowest BCUT2D eigenvalue weighted by molar-refractivity contribution is -0.132. The van der Waals surface area contributed by atoms with E-state index in [9.17, 15) is 9.59 Å². The predicted octanol–water partition coefficient (Wildman–Crippen LogP) is -0.0101. The van der Waals surface area contributed by atoms with Crippen LogP contribution >= 0.6 is 11.6 Å². The highest BCUT2D eigenvalue weighted by atomic mass is 35.5. The molecule has 0 spiro atoms. The minimum Gasteiger partial charge on any atom is -0.490 e. The van der Waals surface area contributed by atoms with E-state index in [1.165, 1.54) is 18.3 Å². The van der Waals surface area contributed by atoms with E-state index >= 15 is 0 Å². The summed E-state index contributed by atoms with van der Waals surface area (Å²) in [6, 6.07) is -0.539. The van der Waals surface area contributed by atoms with Crippen LogP contribution in [-0.2, 0) is 9.59 Å². The molecule has 1 aromatic heterocycles. The van der Waals surface area contributed by atoms with E-state index in [1.54, 1.807) is 6.92 Å². The van der Waals surface area contributed by atoms with E-state index in [0.29, 0.717) is 5.82 Å². The zero-order chi connectivity index (χ0) is 13.3. The van der Waals surface area contributed by atoms with Crippen molar-refractivity contribution in [2.24, 2.45) is 0 Å². The van der Waals surface area contributed by atoms with Crippen molar-refractivity contribution in [1.82, 2.24) is 15.3 Å². The number of hydrogen-bond acceptors (Lipinski definition) is 6. The van der Waals surface area contributed by atoms with Gasteiger partial charge in [-0.05, 0) is 6.92 Å². The maximum atomic E-state index is 11.6. The van der Waals surface area contributed by atoms with E-state index in [4.69, 9.17) is 16.3 Å². The van der Waals surface area contributed by atoms with E-state index in [0.717, 1.165) is 0 Å². The number of nitrogens with one attached hydrogen (secondary N) is 1. The number of halogens is 1. The van der Waals surface area contributed by atoms with Crippen LogP contribution in [0.5, 0.6) is 5.75 Å². The molecule has 0 bridgehead atoms. The van der Waals surface area contributed by atoms with E-state index < -0.39 is 11.9 Å². The van der Waals surface area contributed by atoms with Gasteiger partial charge in [-0.15, -0.1) is 0 Å². The standard InChI is InChI=1S/C10H11ClN4O3/c1-5-10(17)14-6(16)3-15(5)9-7(18-2)8(11)12-4-13-9/h4-5H,3H2,1-2H3,(H,14,16,17). The molecule has 1 aliphatic heterocycles. The SMILES string of the molecule is COc1c(Cl)ncnc1N1CC(=O)NC(=O)C1C. The van der Waals surface area contributed by atoms with Crippen LogP contribution < -0.4 is 15.0 Å². The van der Waals surface area contributed by atoms with Crippen LogP contribution in [-0.4, -0.2) is 41.5 Å². The van der Waals surface area contributed by atoms with Gasteiger partial charge in [0.25, 0.3) is 0 Å². The molecule has 1 saturated heterocycles. The Morgan fingerprint density at radius 3 is 2.89 bits per heavy atom. The second-order valence-corrected chi connectivity index (χ2v) is 4.10. The number of anilines is 1. The fourth-order valence-electron chi connectivity index (χ4n) is 1.70. The molecule has 1 unspecified atom stereocenters. The summed E-state index contributed by atoms with van der Waals surface area (Å²) in [5.41, 5.74) is 0. The minimum absolute atomic E-state index is 0.0105. The Morgan fingerprint density at radius 2 is 2.22 bits per heavy atom. The minimum atomic E-state index is -0.539. The zero-order valence-corrected chi connectivity index (χ0v) is 10.6. The lowest BCUT2D eigenvalue weighted by atomic mass is 10.2. The molecule has 1 fully saturated rings. The van der Waals surface area contributed by atoms with Crippen molar-refractivity contribution in [2.75, 3.05) is 18.6 Å². The summed E-state index contributed by atoms with van der Waals surface area (Å²) in [7, 11) is 1.42. The normalized spacial score (nSPS) is 19.7. The van der Waals surface area contributed by atoms with Gasteiger partial charge >= 0.3 is 0 Å². The van der Waals surface area contributed by atoms with Gasteiger partial charge in [0.05, 0.1) is 13.7 Å². The van der Waals surface area contributed by atoms with Gasteiger partial charge in [-0.1, -0.05) is 11.6 Å².